The van der Waals surface area contributed by atoms with Crippen LogP contribution >= 0.6 is 0 Å². The van der Waals surface area contributed by atoms with Crippen LogP contribution in [0, 0.1) is 0 Å². The van der Waals surface area contributed by atoms with E-state index in [4.69, 9.17) is 10.2 Å². The fraction of sp³-hybridized carbons (Fsp3) is 0.222. The number of hydrogen-bond donors (Lipinski definition) is 4. The number of rotatable bonds is 6. The lowest BCUT2D eigenvalue weighted by Gasteiger charge is -2.09. The van der Waals surface area contributed by atoms with Crippen molar-refractivity contribution < 1.29 is 19.8 Å². The Morgan fingerprint density at radius 3 is 1.25 bits per heavy atom. The lowest BCUT2D eigenvalue weighted by molar-refractivity contribution is -0.138. The van der Waals surface area contributed by atoms with E-state index in [9.17, 15) is 9.59 Å². The molecule has 2 atom stereocenters. The molecule has 2 aromatic rings. The molecule has 0 bridgehead atoms. The number of hydrogen-bond acceptors (Lipinski definition) is 4. The van der Waals surface area contributed by atoms with E-state index >= 15 is 0 Å². The van der Waals surface area contributed by atoms with Crippen LogP contribution in [0.25, 0.3) is 0 Å². The minimum absolute atomic E-state index is 0.549. The summed E-state index contributed by atoms with van der Waals surface area (Å²) in [5.74, 6) is -1.70. The van der Waals surface area contributed by atoms with Crippen LogP contribution in [0.3, 0.4) is 0 Å². The Morgan fingerprint density at radius 1 is 0.708 bits per heavy atom. The molecule has 4 N–H and O–H groups in total. The van der Waals surface area contributed by atoms with Gasteiger partial charge >= 0.3 is 11.9 Å². The first-order valence-electron chi connectivity index (χ1n) is 7.49. The normalized spacial score (nSPS) is 12.1. The number of aliphatic carboxylic acids is 2. The van der Waals surface area contributed by atoms with Crippen LogP contribution in [0.4, 0.5) is 11.4 Å². The molecule has 0 amide bonds. The van der Waals surface area contributed by atoms with Gasteiger partial charge in [0.2, 0.25) is 0 Å². The van der Waals surface area contributed by atoms with Crippen molar-refractivity contribution in [2.45, 2.75) is 25.9 Å². The lowest BCUT2D eigenvalue weighted by Crippen LogP contribution is -2.25. The highest BCUT2D eigenvalue weighted by atomic mass is 16.4. The molecule has 0 aliphatic heterocycles. The molecule has 6 heteroatoms. The van der Waals surface area contributed by atoms with Crippen LogP contribution in [-0.2, 0) is 9.59 Å². The second kappa shape index (κ2) is 9.89. The van der Waals surface area contributed by atoms with Gasteiger partial charge < -0.3 is 20.8 Å². The maximum atomic E-state index is 10.4. The van der Waals surface area contributed by atoms with E-state index in [0.717, 1.165) is 11.4 Å². The zero-order valence-corrected chi connectivity index (χ0v) is 13.6. The molecule has 0 saturated heterocycles. The number of benzene rings is 2. The maximum Gasteiger partial charge on any atom is 0.325 e. The molecule has 0 aromatic heterocycles. The first kappa shape index (κ1) is 19.0. The highest BCUT2D eigenvalue weighted by Crippen LogP contribution is 2.07. The number of anilines is 2. The van der Waals surface area contributed by atoms with E-state index in [1.807, 2.05) is 60.7 Å². The summed E-state index contributed by atoms with van der Waals surface area (Å²) in [6.07, 6.45) is 0. The average molecular weight is 330 g/mol. The van der Waals surface area contributed by atoms with Crippen molar-refractivity contribution in [3.05, 3.63) is 60.7 Å². The van der Waals surface area contributed by atoms with Crippen molar-refractivity contribution in [3.8, 4) is 0 Å². The third-order valence-electron chi connectivity index (χ3n) is 3.05. The zero-order chi connectivity index (χ0) is 17.9. The van der Waals surface area contributed by atoms with Crippen molar-refractivity contribution in [2.24, 2.45) is 0 Å². The largest absolute Gasteiger partial charge is 0.480 e. The number of carboxylic acid groups (broad SMARTS) is 2. The first-order valence-corrected chi connectivity index (χ1v) is 7.49. The van der Waals surface area contributed by atoms with E-state index < -0.39 is 24.0 Å². The monoisotopic (exact) mass is 330 g/mol. The molecule has 6 nitrogen and oxygen atoms in total. The summed E-state index contributed by atoms with van der Waals surface area (Å²) in [7, 11) is 0. The van der Waals surface area contributed by atoms with Crippen molar-refractivity contribution in [1.82, 2.24) is 0 Å². The summed E-state index contributed by atoms with van der Waals surface area (Å²) >= 11 is 0. The maximum absolute atomic E-state index is 10.4. The smallest absolute Gasteiger partial charge is 0.325 e. The average Bonchev–Trinajstić information content (AvgIpc) is 2.57. The Kier molecular flexibility index (Phi) is 7.84. The molecular formula is C18H22N2O4. The van der Waals surface area contributed by atoms with Gasteiger partial charge in [0, 0.05) is 11.4 Å². The van der Waals surface area contributed by atoms with Crippen LogP contribution in [0.2, 0.25) is 0 Å². The summed E-state index contributed by atoms with van der Waals surface area (Å²) < 4.78 is 0. The standard InChI is InChI=1S/2C9H11NO2/c2*1-7(9(11)12)10-8-5-3-2-4-6-8/h2*2-7,10H,1H3,(H,11,12)/t2*7-/m00/s1. The van der Waals surface area contributed by atoms with Crippen LogP contribution in [0.1, 0.15) is 13.8 Å². The highest BCUT2D eigenvalue weighted by molar-refractivity contribution is 5.77. The van der Waals surface area contributed by atoms with Gasteiger partial charge in [-0.1, -0.05) is 36.4 Å². The second-order valence-electron chi connectivity index (χ2n) is 5.14. The molecule has 0 saturated carbocycles. The predicted octanol–water partition coefficient (Wildman–Crippen LogP) is 3.14. The molecule has 0 fully saturated rings. The number of para-hydroxylation sites is 2. The Labute approximate surface area is 141 Å². The fourth-order valence-electron chi connectivity index (χ4n) is 1.69. The van der Waals surface area contributed by atoms with Crippen LogP contribution < -0.4 is 10.6 Å². The molecule has 24 heavy (non-hydrogen) atoms. The molecular weight excluding hydrogens is 308 g/mol. The van der Waals surface area contributed by atoms with E-state index in [-0.39, 0.29) is 0 Å². The number of carboxylic acids is 2. The molecule has 0 unspecified atom stereocenters. The van der Waals surface area contributed by atoms with Gasteiger partial charge in [0.1, 0.15) is 12.1 Å². The molecule has 0 heterocycles. The first-order chi connectivity index (χ1) is 11.4. The van der Waals surface area contributed by atoms with Gasteiger partial charge in [-0.25, -0.2) is 0 Å². The summed E-state index contributed by atoms with van der Waals surface area (Å²) in [6, 6.07) is 17.4. The van der Waals surface area contributed by atoms with Crippen molar-refractivity contribution in [1.29, 1.82) is 0 Å². The lowest BCUT2D eigenvalue weighted by atomic mass is 10.3. The molecule has 0 spiro atoms. The van der Waals surface area contributed by atoms with Gasteiger partial charge in [0.15, 0.2) is 0 Å². The molecule has 2 rings (SSSR count). The van der Waals surface area contributed by atoms with Gasteiger partial charge in [0.05, 0.1) is 0 Å². The summed E-state index contributed by atoms with van der Waals surface area (Å²) in [4.78, 5) is 20.9. The predicted molar refractivity (Wildman–Crippen MR) is 94.3 cm³/mol. The van der Waals surface area contributed by atoms with E-state index in [1.165, 1.54) is 0 Å². The highest BCUT2D eigenvalue weighted by Gasteiger charge is 2.09. The van der Waals surface area contributed by atoms with E-state index in [2.05, 4.69) is 10.6 Å². The van der Waals surface area contributed by atoms with Crippen LogP contribution in [0.15, 0.2) is 60.7 Å². The zero-order valence-electron chi connectivity index (χ0n) is 13.6. The molecule has 0 aliphatic carbocycles. The fourth-order valence-corrected chi connectivity index (χ4v) is 1.69. The van der Waals surface area contributed by atoms with Gasteiger partial charge in [-0.3, -0.25) is 9.59 Å². The molecule has 0 radical (unpaired) electrons. The van der Waals surface area contributed by atoms with Crippen molar-refractivity contribution in [2.75, 3.05) is 10.6 Å². The minimum atomic E-state index is -0.848. The van der Waals surface area contributed by atoms with Crippen molar-refractivity contribution in [3.63, 3.8) is 0 Å². The van der Waals surface area contributed by atoms with Crippen LogP contribution in [-0.4, -0.2) is 34.2 Å². The Bertz CT molecular complexity index is 574. The van der Waals surface area contributed by atoms with Gasteiger partial charge in [-0.15, -0.1) is 0 Å². The summed E-state index contributed by atoms with van der Waals surface area (Å²) in [5, 5.41) is 22.8. The van der Waals surface area contributed by atoms with Gasteiger partial charge in [0.25, 0.3) is 0 Å². The Balaban J connectivity index is 0.000000240. The van der Waals surface area contributed by atoms with Gasteiger partial charge in [-0.05, 0) is 38.1 Å². The Hall–Kier alpha value is -3.02. The third kappa shape index (κ3) is 7.31. The number of nitrogens with one attached hydrogen (secondary N) is 2. The number of carbonyl (C=O) groups is 2. The SMILES string of the molecule is C[C@H](Nc1ccccc1)C(=O)O.C[C@H](Nc1ccccc1)C(=O)O. The Morgan fingerprint density at radius 2 is 1.00 bits per heavy atom. The van der Waals surface area contributed by atoms with Crippen molar-refractivity contribution >= 4 is 23.3 Å². The second-order valence-corrected chi connectivity index (χ2v) is 5.14. The van der Waals surface area contributed by atoms with Crippen LogP contribution in [0.5, 0.6) is 0 Å². The topological polar surface area (TPSA) is 98.7 Å². The summed E-state index contributed by atoms with van der Waals surface area (Å²) in [6.45, 7) is 3.21. The van der Waals surface area contributed by atoms with Gasteiger partial charge in [-0.2, -0.15) is 0 Å². The minimum Gasteiger partial charge on any atom is -0.480 e. The molecule has 0 aliphatic rings. The third-order valence-corrected chi connectivity index (χ3v) is 3.05. The quantitative estimate of drug-likeness (QED) is 0.649. The van der Waals surface area contributed by atoms with E-state index in [0.29, 0.717) is 0 Å². The molecule has 2 aromatic carbocycles. The molecule has 128 valence electrons. The van der Waals surface area contributed by atoms with E-state index in [1.54, 1.807) is 13.8 Å². The summed E-state index contributed by atoms with van der Waals surface area (Å²) in [5.41, 5.74) is 1.65.